The molecule has 96 heavy (non-hydrogen) atoms. The van der Waals surface area contributed by atoms with Crippen molar-refractivity contribution in [2.24, 2.45) is 57.2 Å². The fraction of sp³-hybridized carbons (Fsp3) is 1.00. The summed E-state index contributed by atoms with van der Waals surface area (Å²) in [4.78, 5) is 2.48. The van der Waals surface area contributed by atoms with E-state index in [0.29, 0.717) is 46.1 Å². The first-order valence-corrected chi connectivity index (χ1v) is 40.0. The molecule has 2 unspecified atom stereocenters. The summed E-state index contributed by atoms with van der Waals surface area (Å²) in [5.41, 5.74) is 2.53. The van der Waals surface area contributed by atoms with Crippen molar-refractivity contribution in [3.05, 3.63) is 0 Å². The van der Waals surface area contributed by atoms with Crippen molar-refractivity contribution >= 4 is 0 Å². The molecule has 7 aliphatic carbocycles. The van der Waals surface area contributed by atoms with Crippen LogP contribution in [0, 0.1) is 57.2 Å². The fourth-order valence-electron chi connectivity index (χ4n) is 11.5. The van der Waals surface area contributed by atoms with Crippen LogP contribution in [-0.2, 0) is 42.6 Å². The third-order valence-electron chi connectivity index (χ3n) is 18.3. The quantitative estimate of drug-likeness (QED) is 0.168. The van der Waals surface area contributed by atoms with E-state index >= 15 is 0 Å². The summed E-state index contributed by atoms with van der Waals surface area (Å²) in [6.07, 6.45) is 31.9. The topological polar surface area (TPSA) is 86.3 Å². The largest absolute Gasteiger partial charge is 0.381 e. The molecule has 0 aromatic heterocycles. The van der Waals surface area contributed by atoms with Crippen LogP contribution in [0.2, 0.25) is 0 Å². The van der Waals surface area contributed by atoms with Crippen LogP contribution in [0.5, 0.6) is 0 Å². The van der Waals surface area contributed by atoms with E-state index < -0.39 is 0 Å². The molecule has 10 heteroatoms. The summed E-state index contributed by atoms with van der Waals surface area (Å²) >= 11 is 0. The fourth-order valence-corrected chi connectivity index (χ4v) is 11.5. The van der Waals surface area contributed by atoms with E-state index in [-0.39, 0.29) is 39.2 Å². The van der Waals surface area contributed by atoms with Gasteiger partial charge in [-0.25, -0.2) is 0 Å². The Morgan fingerprint density at radius 3 is 1.02 bits per heavy atom. The minimum atomic E-state index is 0.0275. The van der Waals surface area contributed by atoms with Crippen LogP contribution in [0.4, 0.5) is 0 Å². The number of hydrogen-bond acceptors (Lipinski definition) is 10. The van der Waals surface area contributed by atoms with Gasteiger partial charge in [0.1, 0.15) is 0 Å². The van der Waals surface area contributed by atoms with Gasteiger partial charge in [-0.05, 0) is 333 Å². The number of hydrogen-bond donors (Lipinski definition) is 0. The number of rotatable bonds is 14. The maximum Gasteiger partial charge on any atom is 0.0602 e. The van der Waals surface area contributed by atoms with Crippen molar-refractivity contribution in [1.82, 2.24) is 4.90 Å². The van der Waals surface area contributed by atoms with Gasteiger partial charge in [0.15, 0.2) is 0 Å². The van der Waals surface area contributed by atoms with Crippen molar-refractivity contribution in [3.63, 3.8) is 0 Å². The molecule has 0 aromatic carbocycles. The lowest BCUT2D eigenvalue weighted by atomic mass is 9.81. The van der Waals surface area contributed by atoms with Gasteiger partial charge in [-0.15, -0.1) is 0 Å². The number of likely N-dealkylation sites (tertiary alicyclic amines) is 1. The third-order valence-corrected chi connectivity index (χ3v) is 18.3. The van der Waals surface area contributed by atoms with Gasteiger partial charge >= 0.3 is 0 Å². The molecule has 3 saturated heterocycles. The molecule has 0 bridgehead atoms. The second-order valence-corrected chi connectivity index (χ2v) is 42.0. The first-order valence-electron chi connectivity index (χ1n) is 40.0. The minimum Gasteiger partial charge on any atom is -0.381 e. The second-order valence-electron chi connectivity index (χ2n) is 42.0. The second kappa shape index (κ2) is 42.5. The van der Waals surface area contributed by atoms with Gasteiger partial charge in [-0.3, -0.25) is 0 Å². The highest BCUT2D eigenvalue weighted by Gasteiger charge is 2.39. The molecule has 0 amide bonds. The first kappa shape index (κ1) is 93.6. The zero-order valence-electron chi connectivity index (χ0n) is 71.0. The standard InChI is InChI=1S/C10H21NO.5C9H18O.3C8H16O.C7H14/c1-10(2,3)12-9-8-11-6-4-5-7-11;1-7-8(6-10-7)5-9(2,3)4;1-7-5-8(6-7)10-9(2,3)4;1-8(2,3)10-7-9(4)5-6-9;1-9(2,3)10-7-8-5-4-6-8;1-9(2,3)10-8-6-4-5-7-8;1-8(2,3)4-7-5-9-6-7;1-8(2,3)9-6-7-4-5-7;1-8(2,3)9-7-5-4-6-7;1-7(2,3)6-4-5-6/h4-9H2,1-3H3;2*7-8H,5-6H2,1-4H3;5-7H2,1-4H3;2*8H,4-7H2,1-3H3;3*7H,4-6H2,1-3H3;6H,4-5H2,1-3H3. The third kappa shape index (κ3) is 59.0. The average molecular weight is 1370 g/mol. The number of nitrogens with zero attached hydrogens (tertiary/aromatic N) is 1. The van der Waals surface area contributed by atoms with Gasteiger partial charge in [-0.1, -0.05) is 95.4 Å². The molecule has 3 heterocycles. The molecule has 3 aliphatic heterocycles. The highest BCUT2D eigenvalue weighted by atomic mass is 16.5. The number of ether oxygens (including phenoxy) is 9. The van der Waals surface area contributed by atoms with Crippen LogP contribution in [0.1, 0.15) is 370 Å². The zero-order chi connectivity index (χ0) is 73.8. The molecule has 10 aliphatic rings. The summed E-state index contributed by atoms with van der Waals surface area (Å²) in [6, 6.07) is 0. The zero-order valence-corrected chi connectivity index (χ0v) is 71.0. The van der Waals surface area contributed by atoms with Crippen molar-refractivity contribution in [2.45, 2.75) is 433 Å². The lowest BCUT2D eigenvalue weighted by Crippen LogP contribution is -2.39. The Hall–Kier alpha value is -0.400. The average Bonchev–Trinajstić information content (AvgIpc) is 1.86. The Bertz CT molecular complexity index is 1860. The monoisotopic (exact) mass is 1360 g/mol. The molecule has 576 valence electrons. The van der Waals surface area contributed by atoms with Crippen LogP contribution < -0.4 is 0 Å². The maximum atomic E-state index is 5.80. The normalized spacial score (nSPS) is 24.0. The summed E-state index contributed by atoms with van der Waals surface area (Å²) < 4.78 is 50.1. The van der Waals surface area contributed by atoms with Crippen LogP contribution in [0.3, 0.4) is 0 Å². The van der Waals surface area contributed by atoms with Gasteiger partial charge in [0, 0.05) is 18.4 Å². The Labute approximate surface area is 601 Å². The highest BCUT2D eigenvalue weighted by Crippen LogP contribution is 2.46. The van der Waals surface area contributed by atoms with Gasteiger partial charge in [0.2, 0.25) is 0 Å². The summed E-state index contributed by atoms with van der Waals surface area (Å²) in [7, 11) is 0. The lowest BCUT2D eigenvalue weighted by Gasteiger charge is -2.38. The van der Waals surface area contributed by atoms with E-state index in [1.54, 1.807) is 0 Å². The van der Waals surface area contributed by atoms with E-state index in [1.165, 1.54) is 154 Å². The Kier molecular flexibility index (Phi) is 41.5. The molecule has 7 saturated carbocycles. The summed E-state index contributed by atoms with van der Waals surface area (Å²) in [5.74, 6) is 5.38. The van der Waals surface area contributed by atoms with Crippen molar-refractivity contribution in [3.8, 4) is 0 Å². The Morgan fingerprint density at radius 2 is 0.792 bits per heavy atom. The van der Waals surface area contributed by atoms with Gasteiger partial charge in [0.05, 0.1) is 110 Å². The first-order chi connectivity index (χ1) is 43.5. The summed E-state index contributed by atoms with van der Waals surface area (Å²) in [6.45, 7) is 82.3. The van der Waals surface area contributed by atoms with E-state index in [0.717, 1.165) is 88.3 Å². The van der Waals surface area contributed by atoms with Crippen molar-refractivity contribution < 1.29 is 42.6 Å². The van der Waals surface area contributed by atoms with E-state index in [2.05, 4.69) is 233 Å². The van der Waals surface area contributed by atoms with Gasteiger partial charge in [0.25, 0.3) is 0 Å². The van der Waals surface area contributed by atoms with Crippen molar-refractivity contribution in [2.75, 3.05) is 65.9 Å². The summed E-state index contributed by atoms with van der Waals surface area (Å²) in [5, 5.41) is 0. The lowest BCUT2D eigenvalue weighted by molar-refractivity contribution is -0.115. The molecule has 0 radical (unpaired) electrons. The maximum absolute atomic E-state index is 5.80. The van der Waals surface area contributed by atoms with Crippen LogP contribution in [0.25, 0.3) is 0 Å². The molecular formula is C86H173NO9. The molecule has 0 N–H and O–H groups in total. The van der Waals surface area contributed by atoms with E-state index in [1.807, 2.05) is 0 Å². The Morgan fingerprint density at radius 1 is 0.396 bits per heavy atom. The Balaban J connectivity index is 0.000000534. The highest BCUT2D eigenvalue weighted by molar-refractivity contribution is 4.89. The van der Waals surface area contributed by atoms with Crippen LogP contribution >= 0.6 is 0 Å². The van der Waals surface area contributed by atoms with Crippen LogP contribution in [-0.4, -0.2) is 134 Å². The van der Waals surface area contributed by atoms with Crippen LogP contribution in [0.15, 0.2) is 0 Å². The van der Waals surface area contributed by atoms with E-state index in [9.17, 15) is 0 Å². The molecule has 0 aromatic rings. The minimum absolute atomic E-state index is 0.0275. The molecule has 0 spiro atoms. The molecule has 10 nitrogen and oxygen atoms in total. The van der Waals surface area contributed by atoms with Gasteiger partial charge in [-0.2, -0.15) is 0 Å². The predicted molar refractivity (Wildman–Crippen MR) is 414 cm³/mol. The van der Waals surface area contributed by atoms with Gasteiger partial charge < -0.3 is 47.5 Å². The van der Waals surface area contributed by atoms with E-state index in [4.69, 9.17) is 42.6 Å². The molecule has 10 fully saturated rings. The SMILES string of the molecule is CC(C)(C)C1CC1.CC(C)(C)CC1COC1.CC(C)(C)OC1CCC1.CC(C)(C)OC1CCCC1.CC(C)(C)OCC1CC1.CC(C)(C)OCC1CCC1.CC(C)(C)OCCN1CCCC1.CC1(COC(C)(C)C)CC1.CC1CC(OC(C)(C)C)C1.CC1OCC1CC(C)(C)C. The van der Waals surface area contributed by atoms with Crippen molar-refractivity contribution in [1.29, 1.82) is 0 Å². The predicted octanol–water partition coefficient (Wildman–Crippen LogP) is 24.0. The molecule has 2 atom stereocenters. The molecular weight excluding hydrogens is 1190 g/mol. The molecule has 10 rings (SSSR count). The smallest absolute Gasteiger partial charge is 0.0602 e.